The summed E-state index contributed by atoms with van der Waals surface area (Å²) in [5.41, 5.74) is 2.45. The van der Waals surface area contributed by atoms with Crippen LogP contribution in [0.4, 0.5) is 0 Å². The van der Waals surface area contributed by atoms with Gasteiger partial charge in [0.05, 0.1) is 12.3 Å². The van der Waals surface area contributed by atoms with E-state index in [4.69, 9.17) is 0 Å². The van der Waals surface area contributed by atoms with Crippen molar-refractivity contribution in [1.82, 2.24) is 9.62 Å². The molecule has 0 unspecified atom stereocenters. The average Bonchev–Trinajstić information content (AvgIpc) is 2.54. The third-order valence-electron chi connectivity index (χ3n) is 4.44. The number of rotatable bonds is 5. The van der Waals surface area contributed by atoms with Gasteiger partial charge >= 0.3 is 0 Å². The van der Waals surface area contributed by atoms with Gasteiger partial charge in [-0.1, -0.05) is 60.7 Å². The minimum atomic E-state index is -3.17. The first-order valence-electron chi connectivity index (χ1n) is 7.78. The topological polar surface area (TPSA) is 49.4 Å². The van der Waals surface area contributed by atoms with E-state index in [9.17, 15) is 8.42 Å². The highest BCUT2D eigenvalue weighted by atomic mass is 32.2. The van der Waals surface area contributed by atoms with Crippen LogP contribution in [0.5, 0.6) is 0 Å². The van der Waals surface area contributed by atoms with Crippen LogP contribution in [0, 0.1) is 0 Å². The van der Waals surface area contributed by atoms with Crippen LogP contribution in [0.2, 0.25) is 0 Å². The second-order valence-corrected chi connectivity index (χ2v) is 7.94. The second-order valence-electron chi connectivity index (χ2n) is 6.16. The Balaban J connectivity index is 1.87. The Hall–Kier alpha value is -1.69. The predicted molar refractivity (Wildman–Crippen MR) is 92.7 cm³/mol. The smallest absolute Gasteiger partial charge is 0.209 e. The third kappa shape index (κ3) is 3.63. The van der Waals surface area contributed by atoms with Gasteiger partial charge in [0.25, 0.3) is 0 Å². The van der Waals surface area contributed by atoms with Crippen molar-refractivity contribution >= 4 is 10.0 Å². The van der Waals surface area contributed by atoms with Crippen LogP contribution in [0.25, 0.3) is 0 Å². The number of benzene rings is 2. The van der Waals surface area contributed by atoms with Crippen LogP contribution in [0.15, 0.2) is 60.7 Å². The van der Waals surface area contributed by atoms with E-state index in [-0.39, 0.29) is 18.1 Å². The van der Waals surface area contributed by atoms with Gasteiger partial charge in [-0.3, -0.25) is 4.90 Å². The minimum Gasteiger partial charge on any atom is -0.286 e. The summed E-state index contributed by atoms with van der Waals surface area (Å²) < 4.78 is 25.7. The zero-order valence-electron chi connectivity index (χ0n) is 13.4. The molecule has 0 saturated carbocycles. The van der Waals surface area contributed by atoms with Crippen molar-refractivity contribution in [2.75, 3.05) is 12.8 Å². The molecular formula is C18H22N2O2S. The maximum atomic E-state index is 11.5. The summed E-state index contributed by atoms with van der Waals surface area (Å²) in [5, 5.41) is 0. The summed E-state index contributed by atoms with van der Waals surface area (Å²) in [6.45, 7) is 2.79. The Morgan fingerprint density at radius 2 is 1.48 bits per heavy atom. The molecule has 23 heavy (non-hydrogen) atoms. The summed E-state index contributed by atoms with van der Waals surface area (Å²) in [6.07, 6.45) is 1.22. The lowest BCUT2D eigenvalue weighted by atomic mass is 9.89. The maximum Gasteiger partial charge on any atom is 0.209 e. The fraction of sp³-hybridized carbons (Fsp3) is 0.333. The van der Waals surface area contributed by atoms with Crippen molar-refractivity contribution < 1.29 is 8.42 Å². The monoisotopic (exact) mass is 330 g/mol. The summed E-state index contributed by atoms with van der Waals surface area (Å²) in [4.78, 5) is 2.34. The summed E-state index contributed by atoms with van der Waals surface area (Å²) in [5.74, 6) is 0. The van der Waals surface area contributed by atoms with Crippen molar-refractivity contribution in [2.24, 2.45) is 0 Å². The van der Waals surface area contributed by atoms with Crippen LogP contribution in [0.3, 0.4) is 0 Å². The number of nitrogens with zero attached hydrogens (tertiary/aromatic N) is 1. The molecule has 1 fully saturated rings. The molecule has 0 radical (unpaired) electrons. The number of sulfonamides is 1. The van der Waals surface area contributed by atoms with E-state index in [0.29, 0.717) is 6.54 Å². The molecule has 0 aromatic heterocycles. The van der Waals surface area contributed by atoms with Crippen molar-refractivity contribution in [2.45, 2.75) is 25.0 Å². The zero-order valence-corrected chi connectivity index (χ0v) is 14.2. The molecule has 2 atom stereocenters. The molecule has 5 heteroatoms. The summed E-state index contributed by atoms with van der Waals surface area (Å²) in [6, 6.07) is 21.0. The molecular weight excluding hydrogens is 308 g/mol. The van der Waals surface area contributed by atoms with Gasteiger partial charge in [-0.2, -0.15) is 0 Å². The highest BCUT2D eigenvalue weighted by molar-refractivity contribution is 7.88. The molecule has 1 aliphatic heterocycles. The van der Waals surface area contributed by atoms with Gasteiger partial charge in [0.2, 0.25) is 10.0 Å². The number of likely N-dealkylation sites (tertiary alicyclic amines) is 1. The largest absolute Gasteiger partial charge is 0.286 e. The Bertz CT molecular complexity index is 708. The predicted octanol–water partition coefficient (Wildman–Crippen LogP) is 2.40. The molecule has 1 saturated heterocycles. The minimum absolute atomic E-state index is 0.0278. The molecule has 1 heterocycles. The van der Waals surface area contributed by atoms with Crippen molar-refractivity contribution in [3.8, 4) is 0 Å². The summed E-state index contributed by atoms with van der Waals surface area (Å²) in [7, 11) is -3.17. The van der Waals surface area contributed by atoms with Crippen molar-refractivity contribution in [1.29, 1.82) is 0 Å². The Morgan fingerprint density at radius 3 is 1.87 bits per heavy atom. The van der Waals surface area contributed by atoms with Crippen LogP contribution in [-0.2, 0) is 10.0 Å². The molecule has 0 spiro atoms. The third-order valence-corrected chi connectivity index (χ3v) is 5.17. The number of hydrogen-bond acceptors (Lipinski definition) is 3. The first-order valence-corrected chi connectivity index (χ1v) is 9.68. The first-order chi connectivity index (χ1) is 11.0. The second kappa shape index (κ2) is 6.43. The van der Waals surface area contributed by atoms with E-state index in [0.717, 1.165) is 0 Å². The number of nitrogens with one attached hydrogen (secondary N) is 1. The fourth-order valence-electron chi connectivity index (χ4n) is 3.24. The molecule has 0 aliphatic carbocycles. The Morgan fingerprint density at radius 1 is 1.00 bits per heavy atom. The lowest BCUT2D eigenvalue weighted by Gasteiger charge is -2.50. The zero-order chi connectivity index (χ0) is 16.4. The van der Waals surface area contributed by atoms with E-state index < -0.39 is 10.0 Å². The number of hydrogen-bond donors (Lipinski definition) is 1. The fourth-order valence-corrected chi connectivity index (χ4v) is 4.06. The molecule has 0 amide bonds. The molecule has 122 valence electrons. The van der Waals surface area contributed by atoms with E-state index in [1.165, 1.54) is 17.4 Å². The van der Waals surface area contributed by atoms with Crippen LogP contribution in [0.1, 0.15) is 24.1 Å². The Kier molecular flexibility index (Phi) is 4.53. The van der Waals surface area contributed by atoms with Gasteiger partial charge < -0.3 is 0 Å². The van der Waals surface area contributed by atoms with Crippen LogP contribution >= 0.6 is 0 Å². The molecule has 4 nitrogen and oxygen atoms in total. The highest BCUT2D eigenvalue weighted by Gasteiger charge is 2.41. The molecule has 2 aromatic rings. The van der Waals surface area contributed by atoms with Gasteiger partial charge in [-0.15, -0.1) is 0 Å². The van der Waals surface area contributed by atoms with Crippen molar-refractivity contribution in [3.05, 3.63) is 71.8 Å². The standard InChI is InChI=1S/C18H22N2O2S/c1-14-17(19-23(2,21)22)13-20(14)18(15-9-5-3-6-10-15)16-11-7-4-8-12-16/h3-12,14,17-19H,13H2,1-2H3/t14-,17+/m1/s1. The van der Waals surface area contributed by atoms with E-state index in [2.05, 4.69) is 40.8 Å². The summed E-state index contributed by atoms with van der Waals surface area (Å²) >= 11 is 0. The van der Waals surface area contributed by atoms with Gasteiger partial charge in [0, 0.05) is 18.6 Å². The van der Waals surface area contributed by atoms with Gasteiger partial charge in [0.1, 0.15) is 0 Å². The van der Waals surface area contributed by atoms with Gasteiger partial charge in [-0.05, 0) is 18.1 Å². The van der Waals surface area contributed by atoms with E-state index in [1.807, 2.05) is 36.4 Å². The van der Waals surface area contributed by atoms with E-state index in [1.54, 1.807) is 0 Å². The molecule has 0 bridgehead atoms. The van der Waals surface area contributed by atoms with Crippen molar-refractivity contribution in [3.63, 3.8) is 0 Å². The average molecular weight is 330 g/mol. The Labute approximate surface area is 138 Å². The SMILES string of the molecule is C[C@@H]1[C@@H](NS(C)(=O)=O)CN1C(c1ccccc1)c1ccccc1. The quantitative estimate of drug-likeness (QED) is 0.916. The maximum absolute atomic E-state index is 11.5. The van der Waals surface area contributed by atoms with Gasteiger partial charge in [0.15, 0.2) is 0 Å². The van der Waals surface area contributed by atoms with E-state index >= 15 is 0 Å². The lowest BCUT2D eigenvalue weighted by Crippen LogP contribution is -2.65. The van der Waals surface area contributed by atoms with Crippen LogP contribution < -0.4 is 4.72 Å². The van der Waals surface area contributed by atoms with Crippen LogP contribution in [-0.4, -0.2) is 38.2 Å². The molecule has 3 rings (SSSR count). The molecule has 1 aliphatic rings. The molecule has 1 N–H and O–H groups in total. The van der Waals surface area contributed by atoms with Gasteiger partial charge in [-0.25, -0.2) is 13.1 Å². The normalized spacial score (nSPS) is 22.0. The highest BCUT2D eigenvalue weighted by Crippen LogP contribution is 2.35. The first kappa shape index (κ1) is 16.2. The molecule has 2 aromatic carbocycles. The lowest BCUT2D eigenvalue weighted by molar-refractivity contribution is 0.0370.